The molecule has 6 heteroatoms. The molecule has 1 aliphatic heterocycles. The van der Waals surface area contributed by atoms with Gasteiger partial charge in [-0.1, -0.05) is 12.1 Å². The number of rotatable bonds is 4. The number of para-hydroxylation sites is 2. The number of ether oxygens (including phenoxy) is 2. The highest BCUT2D eigenvalue weighted by molar-refractivity contribution is 5.80. The van der Waals surface area contributed by atoms with E-state index < -0.39 is 0 Å². The topological polar surface area (TPSA) is 68.3 Å². The molecule has 2 N–H and O–H groups in total. The Morgan fingerprint density at radius 3 is 1.75 bits per heavy atom. The monoisotopic (exact) mass is 274 g/mol. The zero-order chi connectivity index (χ0) is 13.9. The first-order valence-corrected chi connectivity index (χ1v) is 6.85. The van der Waals surface area contributed by atoms with Gasteiger partial charge in [-0.25, -0.2) is 9.97 Å². The highest BCUT2D eigenvalue weighted by atomic mass is 16.6. The molecule has 106 valence electrons. The Bertz CT molecular complexity index is 552. The van der Waals surface area contributed by atoms with Gasteiger partial charge in [-0.05, 0) is 26.0 Å². The first-order chi connectivity index (χ1) is 9.81. The number of nitrogens with zero attached hydrogens (tertiary/aromatic N) is 2. The molecular formula is C14H18N4O2. The van der Waals surface area contributed by atoms with E-state index in [1.807, 2.05) is 38.1 Å². The quantitative estimate of drug-likeness (QED) is 0.890. The summed E-state index contributed by atoms with van der Waals surface area (Å²) in [4.78, 5) is 9.14. The van der Waals surface area contributed by atoms with Gasteiger partial charge in [0, 0.05) is 13.2 Å². The number of benzene rings is 1. The molecule has 2 aromatic rings. The molecule has 0 fully saturated rings. The predicted octanol–water partition coefficient (Wildman–Crippen LogP) is 2.19. The van der Waals surface area contributed by atoms with Crippen LogP contribution in [0.25, 0.3) is 11.0 Å². The molecule has 0 saturated heterocycles. The number of anilines is 2. The molecule has 1 aromatic heterocycles. The first kappa shape index (κ1) is 13.1. The average molecular weight is 274 g/mol. The van der Waals surface area contributed by atoms with E-state index >= 15 is 0 Å². The maximum absolute atomic E-state index is 5.65. The van der Waals surface area contributed by atoms with Crippen molar-refractivity contribution in [2.45, 2.75) is 26.3 Å². The second-order valence-corrected chi connectivity index (χ2v) is 4.45. The summed E-state index contributed by atoms with van der Waals surface area (Å²) in [7, 11) is 0. The van der Waals surface area contributed by atoms with Crippen molar-refractivity contribution in [1.29, 1.82) is 0 Å². The second kappa shape index (κ2) is 5.60. The van der Waals surface area contributed by atoms with Gasteiger partial charge in [0.25, 0.3) is 0 Å². The lowest BCUT2D eigenvalue weighted by molar-refractivity contribution is -0.0422. The third kappa shape index (κ3) is 2.39. The zero-order valence-corrected chi connectivity index (χ0v) is 11.6. The normalized spacial score (nSPS) is 21.1. The summed E-state index contributed by atoms with van der Waals surface area (Å²) < 4.78 is 11.3. The van der Waals surface area contributed by atoms with E-state index in [4.69, 9.17) is 9.47 Å². The Morgan fingerprint density at radius 1 is 0.900 bits per heavy atom. The van der Waals surface area contributed by atoms with Crippen LogP contribution < -0.4 is 10.6 Å². The molecule has 20 heavy (non-hydrogen) atoms. The van der Waals surface area contributed by atoms with Crippen LogP contribution in [0.15, 0.2) is 24.3 Å². The summed E-state index contributed by atoms with van der Waals surface area (Å²) in [5.74, 6) is 1.39. The minimum Gasteiger partial charge on any atom is -0.354 e. The van der Waals surface area contributed by atoms with Gasteiger partial charge in [0.15, 0.2) is 24.1 Å². The maximum Gasteiger partial charge on any atom is 0.174 e. The number of aromatic nitrogens is 2. The summed E-state index contributed by atoms with van der Waals surface area (Å²) in [6, 6.07) is 7.77. The molecule has 0 radical (unpaired) electrons. The fourth-order valence-corrected chi connectivity index (χ4v) is 2.24. The summed E-state index contributed by atoms with van der Waals surface area (Å²) in [5, 5.41) is 6.48. The molecule has 0 bridgehead atoms. The molecule has 1 aromatic carbocycles. The van der Waals surface area contributed by atoms with Crippen LogP contribution in [-0.4, -0.2) is 35.6 Å². The summed E-state index contributed by atoms with van der Waals surface area (Å²) in [6.07, 6.45) is -0.550. The highest BCUT2D eigenvalue weighted by Gasteiger charge is 2.30. The van der Waals surface area contributed by atoms with Gasteiger partial charge in [0.1, 0.15) is 0 Å². The average Bonchev–Trinajstić information content (AvgIpc) is 2.46. The molecule has 2 atom stereocenters. The molecule has 0 spiro atoms. The Morgan fingerprint density at radius 2 is 1.35 bits per heavy atom. The van der Waals surface area contributed by atoms with Crippen LogP contribution in [-0.2, 0) is 9.47 Å². The third-order valence-electron chi connectivity index (χ3n) is 3.10. The summed E-state index contributed by atoms with van der Waals surface area (Å²) in [5.41, 5.74) is 1.70. The Hall–Kier alpha value is -1.92. The van der Waals surface area contributed by atoms with Crippen molar-refractivity contribution in [3.63, 3.8) is 0 Å². The maximum atomic E-state index is 5.65. The van der Waals surface area contributed by atoms with Crippen molar-refractivity contribution in [2.24, 2.45) is 0 Å². The molecule has 0 amide bonds. The van der Waals surface area contributed by atoms with E-state index in [0.717, 1.165) is 11.0 Å². The van der Waals surface area contributed by atoms with Crippen LogP contribution in [0.3, 0.4) is 0 Å². The zero-order valence-electron chi connectivity index (χ0n) is 11.6. The van der Waals surface area contributed by atoms with Crippen molar-refractivity contribution < 1.29 is 9.47 Å². The molecule has 2 unspecified atom stereocenters. The van der Waals surface area contributed by atoms with Gasteiger partial charge in [-0.2, -0.15) is 0 Å². The number of nitrogens with one attached hydrogen (secondary N) is 2. The Balaban J connectivity index is 1.96. The second-order valence-electron chi connectivity index (χ2n) is 4.45. The molecule has 0 aliphatic carbocycles. The molecule has 1 aliphatic rings. The van der Waals surface area contributed by atoms with Crippen molar-refractivity contribution in [3.8, 4) is 0 Å². The molecule has 3 rings (SSSR count). The first-order valence-electron chi connectivity index (χ1n) is 6.85. The standard InChI is InChI=1S/C14H18N4O2/c1-3-19-13-14(20-4-2)18-12-11(17-13)15-9-7-5-6-8-10(9)16-12/h5-8,13-14H,3-4H2,1-2H3,(H,15,17)(H,16,18). The summed E-state index contributed by atoms with van der Waals surface area (Å²) in [6.45, 7) is 5.09. The van der Waals surface area contributed by atoms with Gasteiger partial charge < -0.3 is 20.1 Å². The van der Waals surface area contributed by atoms with E-state index in [1.165, 1.54) is 0 Å². The minimum atomic E-state index is -0.275. The number of hydrogen-bond acceptors (Lipinski definition) is 6. The molecule has 2 heterocycles. The van der Waals surface area contributed by atoms with Crippen molar-refractivity contribution in [2.75, 3.05) is 23.8 Å². The molecule has 0 saturated carbocycles. The Labute approximate surface area is 117 Å². The van der Waals surface area contributed by atoms with Crippen LogP contribution in [0.4, 0.5) is 11.6 Å². The van der Waals surface area contributed by atoms with Gasteiger partial charge in [0.2, 0.25) is 0 Å². The van der Waals surface area contributed by atoms with Crippen molar-refractivity contribution in [1.82, 2.24) is 9.97 Å². The van der Waals surface area contributed by atoms with Gasteiger partial charge in [-0.15, -0.1) is 0 Å². The van der Waals surface area contributed by atoms with E-state index in [1.54, 1.807) is 0 Å². The van der Waals surface area contributed by atoms with Crippen LogP contribution in [0, 0.1) is 0 Å². The van der Waals surface area contributed by atoms with Gasteiger partial charge >= 0.3 is 0 Å². The smallest absolute Gasteiger partial charge is 0.174 e. The van der Waals surface area contributed by atoms with Crippen molar-refractivity contribution >= 4 is 22.7 Å². The minimum absolute atomic E-state index is 0.275. The van der Waals surface area contributed by atoms with Crippen LogP contribution in [0.5, 0.6) is 0 Å². The number of fused-ring (bicyclic) bond motifs is 2. The lowest BCUT2D eigenvalue weighted by atomic mass is 10.3. The largest absolute Gasteiger partial charge is 0.354 e. The highest BCUT2D eigenvalue weighted by Crippen LogP contribution is 2.28. The third-order valence-corrected chi connectivity index (χ3v) is 3.10. The molecule has 6 nitrogen and oxygen atoms in total. The van der Waals surface area contributed by atoms with Gasteiger partial charge in [0.05, 0.1) is 11.0 Å². The summed E-state index contributed by atoms with van der Waals surface area (Å²) >= 11 is 0. The van der Waals surface area contributed by atoms with E-state index in [-0.39, 0.29) is 12.5 Å². The van der Waals surface area contributed by atoms with E-state index in [0.29, 0.717) is 24.8 Å². The fraction of sp³-hybridized carbons (Fsp3) is 0.429. The van der Waals surface area contributed by atoms with E-state index in [2.05, 4.69) is 20.6 Å². The Kier molecular flexibility index (Phi) is 3.66. The number of hydrogen-bond donors (Lipinski definition) is 2. The SMILES string of the molecule is CCOC1Nc2nc3ccccc3nc2NC1OCC. The predicted molar refractivity (Wildman–Crippen MR) is 77.6 cm³/mol. The van der Waals surface area contributed by atoms with Gasteiger partial charge in [-0.3, -0.25) is 0 Å². The van der Waals surface area contributed by atoms with Crippen LogP contribution in [0.2, 0.25) is 0 Å². The van der Waals surface area contributed by atoms with E-state index in [9.17, 15) is 0 Å². The lowest BCUT2D eigenvalue weighted by Gasteiger charge is -2.33. The molecular weight excluding hydrogens is 256 g/mol. The lowest BCUT2D eigenvalue weighted by Crippen LogP contribution is -2.47. The van der Waals surface area contributed by atoms with Crippen LogP contribution in [0.1, 0.15) is 13.8 Å². The van der Waals surface area contributed by atoms with Crippen molar-refractivity contribution in [3.05, 3.63) is 24.3 Å². The fourth-order valence-electron chi connectivity index (χ4n) is 2.24. The van der Waals surface area contributed by atoms with Crippen LogP contribution >= 0.6 is 0 Å².